The number of aliphatic hydroxyl groups is 1. The second kappa shape index (κ2) is 10.1. The Morgan fingerprint density at radius 3 is 2.44 bits per heavy atom. The van der Waals surface area contributed by atoms with Gasteiger partial charge in [-0.3, -0.25) is 15.1 Å². The molecule has 3 aliphatic heterocycles. The SMILES string of the molecule is CCc1cccc(F)c1N1NC2C(CC1=O)NNC2c1ccc(N2CCN(CC(C)(C)O)CC2)cc1. The van der Waals surface area contributed by atoms with Gasteiger partial charge in [0.2, 0.25) is 5.91 Å². The summed E-state index contributed by atoms with van der Waals surface area (Å²) in [5, 5.41) is 11.5. The van der Waals surface area contributed by atoms with Gasteiger partial charge in [-0.25, -0.2) is 20.3 Å². The summed E-state index contributed by atoms with van der Waals surface area (Å²) in [6.07, 6.45) is 0.922. The highest BCUT2D eigenvalue weighted by atomic mass is 19.1. The average Bonchev–Trinajstić information content (AvgIpc) is 3.25. The predicted molar refractivity (Wildman–Crippen MR) is 139 cm³/mol. The molecule has 5 rings (SSSR count). The van der Waals surface area contributed by atoms with Crippen molar-refractivity contribution in [1.82, 2.24) is 21.2 Å². The molecule has 0 saturated carbocycles. The van der Waals surface area contributed by atoms with E-state index >= 15 is 0 Å². The molecule has 194 valence electrons. The highest BCUT2D eigenvalue weighted by Gasteiger charge is 2.44. The minimum absolute atomic E-state index is 0.0693. The third-order valence-electron chi connectivity index (χ3n) is 7.41. The second-order valence-electron chi connectivity index (χ2n) is 10.7. The summed E-state index contributed by atoms with van der Waals surface area (Å²) >= 11 is 0. The summed E-state index contributed by atoms with van der Waals surface area (Å²) in [7, 11) is 0. The zero-order chi connectivity index (χ0) is 25.4. The number of aryl methyl sites for hydroxylation is 1. The van der Waals surface area contributed by atoms with Crippen molar-refractivity contribution in [2.45, 2.75) is 57.3 Å². The molecule has 0 aliphatic carbocycles. The van der Waals surface area contributed by atoms with Crippen LogP contribution in [-0.2, 0) is 11.2 Å². The molecular weight excluding hydrogens is 459 g/mol. The molecule has 9 heteroatoms. The van der Waals surface area contributed by atoms with Crippen molar-refractivity contribution in [2.24, 2.45) is 0 Å². The van der Waals surface area contributed by atoms with Crippen LogP contribution in [0.5, 0.6) is 0 Å². The zero-order valence-electron chi connectivity index (χ0n) is 21.3. The number of halogens is 1. The van der Waals surface area contributed by atoms with E-state index in [-0.39, 0.29) is 30.5 Å². The molecule has 4 N–H and O–H groups in total. The summed E-state index contributed by atoms with van der Waals surface area (Å²) in [6.45, 7) is 10.0. The van der Waals surface area contributed by atoms with Gasteiger partial charge in [0.25, 0.3) is 0 Å². The fourth-order valence-corrected chi connectivity index (χ4v) is 5.63. The van der Waals surface area contributed by atoms with Gasteiger partial charge in [0.1, 0.15) is 5.82 Å². The normalized spacial score (nSPS) is 25.4. The van der Waals surface area contributed by atoms with E-state index < -0.39 is 11.4 Å². The van der Waals surface area contributed by atoms with Gasteiger partial charge in [0.15, 0.2) is 0 Å². The van der Waals surface area contributed by atoms with Crippen LogP contribution in [0.1, 0.15) is 44.4 Å². The lowest BCUT2D eigenvalue weighted by Gasteiger charge is -2.39. The average molecular weight is 497 g/mol. The number of piperazine rings is 1. The van der Waals surface area contributed by atoms with Gasteiger partial charge in [-0.05, 0) is 49.6 Å². The van der Waals surface area contributed by atoms with Gasteiger partial charge in [-0.15, -0.1) is 0 Å². The molecule has 36 heavy (non-hydrogen) atoms. The number of nitrogens with zero attached hydrogens (tertiary/aromatic N) is 3. The third kappa shape index (κ3) is 5.12. The van der Waals surface area contributed by atoms with Crippen molar-refractivity contribution >= 4 is 17.3 Å². The molecular formula is C27H37FN6O2. The van der Waals surface area contributed by atoms with Crippen LogP contribution < -0.4 is 26.2 Å². The highest BCUT2D eigenvalue weighted by Crippen LogP contribution is 2.33. The van der Waals surface area contributed by atoms with E-state index in [0.717, 1.165) is 37.3 Å². The number of anilines is 2. The molecule has 3 aliphatic rings. The number of carbonyl (C=O) groups is 1. The minimum atomic E-state index is -0.679. The molecule has 2 aromatic carbocycles. The molecule has 3 atom stereocenters. The van der Waals surface area contributed by atoms with Crippen LogP contribution in [0.2, 0.25) is 0 Å². The number of hydrogen-bond donors (Lipinski definition) is 4. The fourth-order valence-electron chi connectivity index (χ4n) is 5.63. The lowest BCUT2D eigenvalue weighted by molar-refractivity contribution is -0.121. The Labute approximate surface area is 212 Å². The number of β-amino-alcohol motifs (C(OH)–C–C–N with tert-alkyl or cyclic N) is 1. The smallest absolute Gasteiger partial charge is 0.243 e. The maximum atomic E-state index is 14.8. The van der Waals surface area contributed by atoms with Crippen molar-refractivity contribution in [3.8, 4) is 0 Å². The van der Waals surface area contributed by atoms with Gasteiger partial charge in [-0.2, -0.15) is 0 Å². The Morgan fingerprint density at radius 2 is 1.78 bits per heavy atom. The Kier molecular flexibility index (Phi) is 7.02. The summed E-state index contributed by atoms with van der Waals surface area (Å²) in [4.78, 5) is 17.6. The highest BCUT2D eigenvalue weighted by molar-refractivity contribution is 5.94. The van der Waals surface area contributed by atoms with Crippen molar-refractivity contribution in [3.63, 3.8) is 0 Å². The van der Waals surface area contributed by atoms with Gasteiger partial charge in [-0.1, -0.05) is 31.2 Å². The van der Waals surface area contributed by atoms with Crippen LogP contribution in [0.25, 0.3) is 0 Å². The summed E-state index contributed by atoms with van der Waals surface area (Å²) in [5.74, 6) is -0.541. The van der Waals surface area contributed by atoms with Gasteiger partial charge in [0.05, 0.1) is 23.4 Å². The largest absolute Gasteiger partial charge is 0.389 e. The lowest BCUT2D eigenvalue weighted by atomic mass is 9.93. The quantitative estimate of drug-likeness (QED) is 0.488. The molecule has 2 aromatic rings. The number of amides is 1. The Hall–Kier alpha value is -2.56. The standard InChI is InChI=1S/C27H37FN6O2/c1-4-18-6-5-7-21(28)26(18)34-23(35)16-22-25(31-34)24(30-29-22)19-8-10-20(11-9-19)33-14-12-32(13-15-33)17-27(2,3)36/h5-11,22,24-25,29-31,36H,4,12-17H2,1-3H3. The van der Waals surface area contributed by atoms with Gasteiger partial charge >= 0.3 is 0 Å². The molecule has 0 aromatic heterocycles. The molecule has 0 spiro atoms. The van der Waals surface area contributed by atoms with E-state index in [4.69, 9.17) is 0 Å². The van der Waals surface area contributed by atoms with E-state index in [1.165, 1.54) is 16.8 Å². The van der Waals surface area contributed by atoms with Crippen LogP contribution >= 0.6 is 0 Å². The third-order valence-corrected chi connectivity index (χ3v) is 7.41. The van der Waals surface area contributed by atoms with Crippen molar-refractivity contribution in [2.75, 3.05) is 42.6 Å². The van der Waals surface area contributed by atoms with Gasteiger partial charge in [0, 0.05) is 50.9 Å². The summed E-state index contributed by atoms with van der Waals surface area (Å²) < 4.78 is 14.8. The maximum Gasteiger partial charge on any atom is 0.243 e. The molecule has 3 fully saturated rings. The predicted octanol–water partition coefficient (Wildman–Crippen LogP) is 2.11. The van der Waals surface area contributed by atoms with E-state index in [1.807, 2.05) is 26.8 Å². The van der Waals surface area contributed by atoms with E-state index in [1.54, 1.807) is 6.07 Å². The number of rotatable bonds is 6. The number of hydrazine groups is 2. The molecule has 3 unspecified atom stereocenters. The number of benzene rings is 2. The lowest BCUT2D eigenvalue weighted by Crippen LogP contribution is -2.60. The van der Waals surface area contributed by atoms with Crippen LogP contribution in [-0.4, -0.2) is 66.3 Å². The number of hydrogen-bond acceptors (Lipinski definition) is 7. The van der Waals surface area contributed by atoms with Crippen LogP contribution in [0.15, 0.2) is 42.5 Å². The topological polar surface area (TPSA) is 83.1 Å². The molecule has 0 radical (unpaired) electrons. The number of fused-ring (bicyclic) bond motifs is 1. The second-order valence-corrected chi connectivity index (χ2v) is 10.7. The van der Waals surface area contributed by atoms with Crippen LogP contribution in [0, 0.1) is 5.82 Å². The van der Waals surface area contributed by atoms with Crippen molar-refractivity contribution in [1.29, 1.82) is 0 Å². The monoisotopic (exact) mass is 496 g/mol. The molecule has 0 bridgehead atoms. The van der Waals surface area contributed by atoms with Crippen molar-refractivity contribution < 1.29 is 14.3 Å². The first-order valence-corrected chi connectivity index (χ1v) is 12.9. The van der Waals surface area contributed by atoms with E-state index in [9.17, 15) is 14.3 Å². The Bertz CT molecular complexity index is 1080. The van der Waals surface area contributed by atoms with Crippen molar-refractivity contribution in [3.05, 3.63) is 59.4 Å². The first kappa shape index (κ1) is 25.1. The first-order chi connectivity index (χ1) is 17.2. The van der Waals surface area contributed by atoms with Crippen LogP contribution in [0.3, 0.4) is 0 Å². The molecule has 8 nitrogen and oxygen atoms in total. The summed E-state index contributed by atoms with van der Waals surface area (Å²) in [5.41, 5.74) is 12.7. The fraction of sp³-hybridized carbons (Fsp3) is 0.519. The van der Waals surface area contributed by atoms with E-state index in [2.05, 4.69) is 50.3 Å². The van der Waals surface area contributed by atoms with E-state index in [0.29, 0.717) is 18.7 Å². The molecule has 3 saturated heterocycles. The molecule has 3 heterocycles. The Balaban J connectivity index is 1.28. The number of nitrogens with one attached hydrogen (secondary N) is 3. The molecule has 1 amide bonds. The number of carbonyl (C=O) groups excluding carboxylic acids is 1. The minimum Gasteiger partial charge on any atom is -0.389 e. The first-order valence-electron chi connectivity index (χ1n) is 12.9. The zero-order valence-corrected chi connectivity index (χ0v) is 21.3. The van der Waals surface area contributed by atoms with Crippen LogP contribution in [0.4, 0.5) is 15.8 Å². The number of para-hydroxylation sites is 1. The summed E-state index contributed by atoms with van der Waals surface area (Å²) in [6, 6.07) is 13.2. The maximum absolute atomic E-state index is 14.8. The van der Waals surface area contributed by atoms with Gasteiger partial charge < -0.3 is 10.0 Å². The Morgan fingerprint density at radius 1 is 1.06 bits per heavy atom.